The fraction of sp³-hybridized carbons (Fsp3) is 0.417. The molecule has 0 aliphatic heterocycles. The van der Waals surface area contributed by atoms with Crippen molar-refractivity contribution >= 4 is 29.9 Å². The van der Waals surface area contributed by atoms with E-state index in [0.717, 1.165) is 18.9 Å². The van der Waals surface area contributed by atoms with E-state index in [1.165, 1.54) is 12.1 Å². The smallest absolute Gasteiger partial charge is 0.370 e. The van der Waals surface area contributed by atoms with Crippen molar-refractivity contribution in [2.75, 3.05) is 6.54 Å². The summed E-state index contributed by atoms with van der Waals surface area (Å²) in [5, 5.41) is 0. The first-order valence-electron chi connectivity index (χ1n) is 5.57. The van der Waals surface area contributed by atoms with Crippen LogP contribution in [0.15, 0.2) is 29.3 Å². The van der Waals surface area contributed by atoms with Crippen molar-refractivity contribution in [3.8, 4) is 0 Å². The van der Waals surface area contributed by atoms with Gasteiger partial charge in [-0.2, -0.15) is 13.2 Å². The van der Waals surface area contributed by atoms with E-state index in [1.54, 1.807) is 6.07 Å². The van der Waals surface area contributed by atoms with E-state index >= 15 is 0 Å². The van der Waals surface area contributed by atoms with Crippen LogP contribution in [0.4, 0.5) is 13.2 Å². The molecule has 0 atom stereocenters. The number of rotatable bonds is 3. The van der Waals surface area contributed by atoms with Gasteiger partial charge < -0.3 is 11.5 Å². The third-order valence-electron chi connectivity index (χ3n) is 3.22. The third-order valence-corrected chi connectivity index (χ3v) is 3.22. The lowest BCUT2D eigenvalue weighted by Crippen LogP contribution is -2.25. The first-order valence-corrected chi connectivity index (χ1v) is 5.57. The highest BCUT2D eigenvalue weighted by atomic mass is 127. The average Bonchev–Trinajstić information content (AvgIpc) is 3.07. The van der Waals surface area contributed by atoms with Crippen LogP contribution in [0.5, 0.6) is 0 Å². The lowest BCUT2D eigenvalue weighted by molar-refractivity contribution is -0.137. The van der Waals surface area contributed by atoms with E-state index in [9.17, 15) is 13.2 Å². The molecule has 0 radical (unpaired) electrons. The Morgan fingerprint density at radius 3 is 2.37 bits per heavy atom. The normalized spacial score (nSPS) is 16.4. The van der Waals surface area contributed by atoms with Gasteiger partial charge in [-0.05, 0) is 24.5 Å². The van der Waals surface area contributed by atoms with Crippen LogP contribution in [-0.2, 0) is 11.6 Å². The monoisotopic (exact) mass is 385 g/mol. The zero-order valence-corrected chi connectivity index (χ0v) is 12.4. The van der Waals surface area contributed by atoms with Crippen molar-refractivity contribution in [3.05, 3.63) is 35.4 Å². The van der Waals surface area contributed by atoms with Gasteiger partial charge >= 0.3 is 6.18 Å². The van der Waals surface area contributed by atoms with Crippen LogP contribution in [0.25, 0.3) is 0 Å². The van der Waals surface area contributed by atoms with E-state index in [1.807, 2.05) is 0 Å². The second-order valence-electron chi connectivity index (χ2n) is 4.60. The zero-order valence-electron chi connectivity index (χ0n) is 10.1. The quantitative estimate of drug-likeness (QED) is 0.478. The fourth-order valence-corrected chi connectivity index (χ4v) is 1.96. The second-order valence-corrected chi connectivity index (χ2v) is 4.60. The number of nitrogens with two attached hydrogens (primary N) is 2. The molecule has 1 aromatic carbocycles. The maximum absolute atomic E-state index is 12.6. The summed E-state index contributed by atoms with van der Waals surface area (Å²) < 4.78 is 37.9. The van der Waals surface area contributed by atoms with Crippen LogP contribution >= 0.6 is 24.0 Å². The van der Waals surface area contributed by atoms with Crippen molar-refractivity contribution < 1.29 is 13.2 Å². The molecule has 0 saturated heterocycles. The van der Waals surface area contributed by atoms with Gasteiger partial charge in [-0.1, -0.05) is 18.2 Å². The van der Waals surface area contributed by atoms with E-state index in [0.29, 0.717) is 12.1 Å². The van der Waals surface area contributed by atoms with Gasteiger partial charge in [0.1, 0.15) is 0 Å². The summed E-state index contributed by atoms with van der Waals surface area (Å²) in [7, 11) is 0. The molecular formula is C12H15F3IN3. The molecule has 1 aromatic rings. The van der Waals surface area contributed by atoms with Crippen molar-refractivity contribution in [1.82, 2.24) is 0 Å². The summed E-state index contributed by atoms with van der Waals surface area (Å²) >= 11 is 0. The number of halogens is 4. The Morgan fingerprint density at radius 2 is 1.89 bits per heavy atom. The van der Waals surface area contributed by atoms with Gasteiger partial charge in [0.05, 0.1) is 12.1 Å². The highest BCUT2D eigenvalue weighted by molar-refractivity contribution is 14.0. The van der Waals surface area contributed by atoms with Crippen LogP contribution in [0.3, 0.4) is 0 Å². The van der Waals surface area contributed by atoms with Crippen LogP contribution in [-0.4, -0.2) is 12.5 Å². The number of alkyl halides is 3. The Balaban J connectivity index is 0.00000180. The Kier molecular flexibility index (Phi) is 4.70. The summed E-state index contributed by atoms with van der Waals surface area (Å²) in [6, 6.07) is 5.38. The maximum atomic E-state index is 12.6. The van der Waals surface area contributed by atoms with E-state index in [2.05, 4.69) is 4.99 Å². The predicted octanol–water partition coefficient (Wildman–Crippen LogP) is 2.63. The van der Waals surface area contributed by atoms with Gasteiger partial charge in [-0.3, -0.25) is 4.99 Å². The number of hydrogen-bond acceptors (Lipinski definition) is 1. The van der Waals surface area contributed by atoms with Gasteiger partial charge in [-0.25, -0.2) is 0 Å². The highest BCUT2D eigenvalue weighted by Gasteiger charge is 2.45. The lowest BCUT2D eigenvalue weighted by atomic mass is 9.94. The molecule has 106 valence electrons. The van der Waals surface area contributed by atoms with Crippen molar-refractivity contribution in [1.29, 1.82) is 0 Å². The number of guanidine groups is 1. The van der Waals surface area contributed by atoms with Crippen molar-refractivity contribution in [2.24, 2.45) is 16.5 Å². The van der Waals surface area contributed by atoms with Gasteiger partial charge in [-0.15, -0.1) is 24.0 Å². The minimum Gasteiger partial charge on any atom is -0.370 e. The van der Waals surface area contributed by atoms with E-state index < -0.39 is 11.7 Å². The maximum Gasteiger partial charge on any atom is 0.416 e. The standard InChI is InChI=1S/C12H14F3N3.HI/c13-12(14,15)9-3-1-2-8(6-9)11(4-5-11)7-18-10(16)17;/h1-3,6H,4-5,7H2,(H4,16,17,18);1H. The van der Waals surface area contributed by atoms with Gasteiger partial charge in [0.15, 0.2) is 5.96 Å². The molecular weight excluding hydrogens is 370 g/mol. The van der Waals surface area contributed by atoms with Gasteiger partial charge in [0.2, 0.25) is 0 Å². The Labute approximate surface area is 126 Å². The minimum atomic E-state index is -4.32. The molecule has 0 unspecified atom stereocenters. The molecule has 1 saturated carbocycles. The van der Waals surface area contributed by atoms with Crippen LogP contribution in [0.2, 0.25) is 0 Å². The number of hydrogen-bond donors (Lipinski definition) is 2. The Hall–Kier alpha value is -0.990. The Morgan fingerprint density at radius 1 is 1.26 bits per heavy atom. The topological polar surface area (TPSA) is 64.4 Å². The molecule has 0 aromatic heterocycles. The molecule has 0 amide bonds. The summed E-state index contributed by atoms with van der Waals surface area (Å²) in [5.41, 5.74) is 10.2. The molecule has 2 rings (SSSR count). The zero-order chi connectivity index (χ0) is 13.4. The molecule has 19 heavy (non-hydrogen) atoms. The first-order chi connectivity index (χ1) is 8.33. The van der Waals surface area contributed by atoms with Crippen LogP contribution < -0.4 is 11.5 Å². The molecule has 1 aliphatic rings. The molecule has 3 nitrogen and oxygen atoms in total. The third kappa shape index (κ3) is 3.74. The molecule has 0 spiro atoms. The minimum absolute atomic E-state index is 0. The van der Waals surface area contributed by atoms with E-state index in [-0.39, 0.29) is 35.4 Å². The summed E-state index contributed by atoms with van der Waals surface area (Å²) in [5.74, 6) is -0.0340. The first kappa shape index (κ1) is 16.1. The molecule has 0 heterocycles. The van der Waals surface area contributed by atoms with E-state index in [4.69, 9.17) is 11.5 Å². The van der Waals surface area contributed by atoms with Crippen LogP contribution in [0, 0.1) is 0 Å². The second kappa shape index (κ2) is 5.56. The van der Waals surface area contributed by atoms with Gasteiger partial charge in [0, 0.05) is 5.41 Å². The Bertz CT molecular complexity index is 477. The number of nitrogens with zero attached hydrogens (tertiary/aromatic N) is 1. The lowest BCUT2D eigenvalue weighted by Gasteiger charge is -2.15. The fourth-order valence-electron chi connectivity index (χ4n) is 1.96. The predicted molar refractivity (Wildman–Crippen MR) is 78.4 cm³/mol. The van der Waals surface area contributed by atoms with Crippen molar-refractivity contribution in [2.45, 2.75) is 24.4 Å². The largest absolute Gasteiger partial charge is 0.416 e. The highest BCUT2D eigenvalue weighted by Crippen LogP contribution is 2.49. The number of aliphatic imine (C=N–C) groups is 1. The molecule has 4 N–H and O–H groups in total. The molecule has 1 aliphatic carbocycles. The number of benzene rings is 1. The van der Waals surface area contributed by atoms with Gasteiger partial charge in [0.25, 0.3) is 0 Å². The summed E-state index contributed by atoms with van der Waals surface area (Å²) in [6.07, 6.45) is -2.70. The van der Waals surface area contributed by atoms with Crippen LogP contribution in [0.1, 0.15) is 24.0 Å². The molecule has 7 heteroatoms. The SMILES string of the molecule is I.NC(N)=NCC1(c2cccc(C(F)(F)F)c2)CC1. The summed E-state index contributed by atoms with van der Waals surface area (Å²) in [4.78, 5) is 3.92. The average molecular weight is 385 g/mol. The van der Waals surface area contributed by atoms with Crippen molar-refractivity contribution in [3.63, 3.8) is 0 Å². The molecule has 0 bridgehead atoms. The summed E-state index contributed by atoms with van der Waals surface area (Å²) in [6.45, 7) is 0.344. The molecule has 1 fully saturated rings.